The van der Waals surface area contributed by atoms with Crippen LogP contribution in [-0.2, 0) is 6.54 Å². The molecule has 0 aliphatic carbocycles. The minimum atomic E-state index is 0.250. The minimum Gasteiger partial charge on any atom is -0.333 e. The Balaban J connectivity index is 1.64. The van der Waals surface area contributed by atoms with Gasteiger partial charge in [0.2, 0.25) is 5.82 Å². The molecule has 0 aliphatic rings. The topological polar surface area (TPSA) is 55.5 Å². The summed E-state index contributed by atoms with van der Waals surface area (Å²) in [5.41, 5.74) is 2.04. The van der Waals surface area contributed by atoms with Crippen molar-refractivity contribution in [1.82, 2.24) is 10.1 Å². The van der Waals surface area contributed by atoms with E-state index in [4.69, 9.17) is 27.7 Å². The van der Waals surface area contributed by atoms with Gasteiger partial charge in [0.25, 0.3) is 5.89 Å². The van der Waals surface area contributed by atoms with Crippen LogP contribution in [0.3, 0.4) is 0 Å². The average Bonchev–Trinajstić information content (AvgIpc) is 3.02. The van der Waals surface area contributed by atoms with Gasteiger partial charge in [-0.2, -0.15) is 4.98 Å². The smallest absolute Gasteiger partial charge is 0.282 e. The fraction of sp³-hybridized carbons (Fsp3) is 0.176. The predicted molar refractivity (Wildman–Crippen MR) is 90.2 cm³/mol. The van der Waals surface area contributed by atoms with E-state index < -0.39 is 0 Å². The molecule has 23 heavy (non-hydrogen) atoms. The van der Waals surface area contributed by atoms with E-state index in [2.05, 4.69) is 28.4 Å². The van der Waals surface area contributed by atoms with Crippen molar-refractivity contribution < 1.29 is 9.84 Å². The summed E-state index contributed by atoms with van der Waals surface area (Å²) in [7, 11) is 0. The fourth-order valence-electron chi connectivity index (χ4n) is 2.26. The molecular formula is C17H16Cl2N3O+. The highest BCUT2D eigenvalue weighted by molar-refractivity contribution is 6.30. The number of rotatable bonds is 5. The van der Waals surface area contributed by atoms with Gasteiger partial charge in [0, 0.05) is 21.2 Å². The van der Waals surface area contributed by atoms with E-state index in [0.29, 0.717) is 23.3 Å². The molecular weight excluding hydrogens is 333 g/mol. The van der Waals surface area contributed by atoms with Crippen molar-refractivity contribution in [1.29, 1.82) is 0 Å². The fourth-order valence-corrected chi connectivity index (χ4v) is 2.58. The molecule has 3 rings (SSSR count). The van der Waals surface area contributed by atoms with E-state index in [0.717, 1.165) is 16.1 Å². The van der Waals surface area contributed by atoms with Crippen LogP contribution in [-0.4, -0.2) is 10.1 Å². The van der Waals surface area contributed by atoms with Crippen molar-refractivity contribution in [2.45, 2.75) is 19.5 Å². The lowest BCUT2D eigenvalue weighted by atomic mass is 10.1. The van der Waals surface area contributed by atoms with Crippen LogP contribution in [0.1, 0.15) is 24.4 Å². The highest BCUT2D eigenvalue weighted by atomic mass is 35.5. The molecule has 6 heteroatoms. The SMILES string of the molecule is C[C@H]([NH2+]Cc1nc(-c2ccc(Cl)cc2)no1)c1cccc(Cl)c1. The molecule has 0 radical (unpaired) electrons. The molecule has 0 fully saturated rings. The molecule has 1 aromatic heterocycles. The average molecular weight is 349 g/mol. The van der Waals surface area contributed by atoms with E-state index in [-0.39, 0.29) is 6.04 Å². The maximum Gasteiger partial charge on any atom is 0.282 e. The minimum absolute atomic E-state index is 0.250. The number of hydrogen-bond donors (Lipinski definition) is 1. The number of halogens is 2. The first-order valence-corrected chi connectivity index (χ1v) is 8.05. The zero-order chi connectivity index (χ0) is 16.2. The zero-order valence-corrected chi connectivity index (χ0v) is 14.1. The molecule has 2 aromatic carbocycles. The molecule has 1 atom stereocenters. The van der Waals surface area contributed by atoms with Crippen LogP contribution in [0.5, 0.6) is 0 Å². The Morgan fingerprint density at radius 3 is 2.61 bits per heavy atom. The van der Waals surface area contributed by atoms with Crippen LogP contribution in [0, 0.1) is 0 Å². The quantitative estimate of drug-likeness (QED) is 0.761. The molecule has 0 saturated heterocycles. The molecule has 0 amide bonds. The lowest BCUT2D eigenvalue weighted by Crippen LogP contribution is -2.83. The number of hydrogen-bond acceptors (Lipinski definition) is 3. The summed E-state index contributed by atoms with van der Waals surface area (Å²) >= 11 is 11.9. The van der Waals surface area contributed by atoms with Gasteiger partial charge in [0.05, 0.1) is 0 Å². The third-order valence-electron chi connectivity index (χ3n) is 3.59. The first-order valence-electron chi connectivity index (χ1n) is 7.29. The van der Waals surface area contributed by atoms with Gasteiger partial charge in [-0.3, -0.25) is 0 Å². The van der Waals surface area contributed by atoms with Crippen molar-refractivity contribution in [3.05, 3.63) is 70.0 Å². The van der Waals surface area contributed by atoms with Gasteiger partial charge >= 0.3 is 0 Å². The van der Waals surface area contributed by atoms with Crippen LogP contribution in [0.2, 0.25) is 10.0 Å². The van der Waals surface area contributed by atoms with Crippen LogP contribution in [0.15, 0.2) is 53.1 Å². The van der Waals surface area contributed by atoms with Gasteiger partial charge in [-0.05, 0) is 43.3 Å². The van der Waals surface area contributed by atoms with Crippen molar-refractivity contribution in [2.75, 3.05) is 0 Å². The van der Waals surface area contributed by atoms with Gasteiger partial charge in [-0.15, -0.1) is 0 Å². The Morgan fingerprint density at radius 1 is 1.09 bits per heavy atom. The summed E-state index contributed by atoms with van der Waals surface area (Å²) in [6, 6.07) is 15.4. The Kier molecular flexibility index (Phi) is 4.96. The molecule has 0 bridgehead atoms. The van der Waals surface area contributed by atoms with Crippen molar-refractivity contribution in [3.8, 4) is 11.4 Å². The Hall–Kier alpha value is -1.88. The molecule has 4 nitrogen and oxygen atoms in total. The lowest BCUT2D eigenvalue weighted by molar-refractivity contribution is -0.710. The highest BCUT2D eigenvalue weighted by Crippen LogP contribution is 2.18. The Morgan fingerprint density at radius 2 is 1.87 bits per heavy atom. The number of aromatic nitrogens is 2. The molecule has 1 heterocycles. The van der Waals surface area contributed by atoms with Crippen molar-refractivity contribution in [2.24, 2.45) is 0 Å². The van der Waals surface area contributed by atoms with Gasteiger partial charge in [0.1, 0.15) is 6.04 Å². The Bertz CT molecular complexity index is 787. The van der Waals surface area contributed by atoms with E-state index in [1.165, 1.54) is 0 Å². The summed E-state index contributed by atoms with van der Waals surface area (Å²) in [5, 5.41) is 7.56. The monoisotopic (exact) mass is 348 g/mol. The van der Waals surface area contributed by atoms with Crippen molar-refractivity contribution in [3.63, 3.8) is 0 Å². The molecule has 118 valence electrons. The highest BCUT2D eigenvalue weighted by Gasteiger charge is 2.13. The first-order chi connectivity index (χ1) is 11.1. The number of nitrogens with zero attached hydrogens (tertiary/aromatic N) is 2. The van der Waals surface area contributed by atoms with E-state index in [1.807, 2.05) is 30.3 Å². The Labute approximate surface area is 144 Å². The third-order valence-corrected chi connectivity index (χ3v) is 4.08. The summed E-state index contributed by atoms with van der Waals surface area (Å²) in [6.45, 7) is 2.72. The van der Waals surface area contributed by atoms with Gasteiger partial charge < -0.3 is 9.84 Å². The third kappa shape index (κ3) is 4.10. The molecule has 0 saturated carbocycles. The van der Waals surface area contributed by atoms with Crippen LogP contribution < -0.4 is 5.32 Å². The van der Waals surface area contributed by atoms with Crippen LogP contribution >= 0.6 is 23.2 Å². The summed E-state index contributed by atoms with van der Waals surface area (Å²) in [5.74, 6) is 1.16. The number of quaternary nitrogens is 1. The molecule has 0 unspecified atom stereocenters. The van der Waals surface area contributed by atoms with Crippen LogP contribution in [0.4, 0.5) is 0 Å². The zero-order valence-electron chi connectivity index (χ0n) is 12.5. The van der Waals surface area contributed by atoms with E-state index >= 15 is 0 Å². The summed E-state index contributed by atoms with van der Waals surface area (Å²) in [6.07, 6.45) is 0. The normalized spacial score (nSPS) is 12.3. The first kappa shape index (κ1) is 16.0. The van der Waals surface area contributed by atoms with Gasteiger partial charge in [0.15, 0.2) is 6.54 Å². The molecule has 3 aromatic rings. The van der Waals surface area contributed by atoms with Gasteiger partial charge in [-0.25, -0.2) is 0 Å². The van der Waals surface area contributed by atoms with Gasteiger partial charge in [-0.1, -0.05) is 40.5 Å². The second-order valence-corrected chi connectivity index (χ2v) is 6.17. The largest absolute Gasteiger partial charge is 0.333 e. The standard InChI is InChI=1S/C17H15Cl2N3O/c1-11(13-3-2-4-15(19)9-13)20-10-16-21-17(22-23-16)12-5-7-14(18)8-6-12/h2-9,11,20H,10H2,1H3/p+1/t11-/m0/s1. The maximum absolute atomic E-state index is 6.02. The number of benzene rings is 2. The molecule has 0 spiro atoms. The maximum atomic E-state index is 6.02. The summed E-state index contributed by atoms with van der Waals surface area (Å²) < 4.78 is 5.31. The van der Waals surface area contributed by atoms with Crippen LogP contribution in [0.25, 0.3) is 11.4 Å². The van der Waals surface area contributed by atoms with E-state index in [9.17, 15) is 0 Å². The second kappa shape index (κ2) is 7.13. The molecule has 0 aliphatic heterocycles. The van der Waals surface area contributed by atoms with E-state index in [1.54, 1.807) is 12.1 Å². The second-order valence-electron chi connectivity index (χ2n) is 5.30. The molecule has 2 N–H and O–H groups in total. The summed E-state index contributed by atoms with van der Waals surface area (Å²) in [4.78, 5) is 4.42. The predicted octanol–water partition coefficient (Wildman–Crippen LogP) is 3.87. The number of nitrogens with two attached hydrogens (primary N) is 1. The van der Waals surface area contributed by atoms with Crippen molar-refractivity contribution >= 4 is 23.2 Å². The lowest BCUT2D eigenvalue weighted by Gasteiger charge is -2.09.